The Labute approximate surface area is 173 Å². The molecule has 1 heterocycles. The molecule has 1 aromatic heterocycles. The first kappa shape index (κ1) is 20.7. The number of para-hydroxylation sites is 1. The Hall–Kier alpha value is -3.07. The zero-order valence-corrected chi connectivity index (χ0v) is 17.6. The third kappa shape index (κ3) is 4.86. The molecule has 0 radical (unpaired) electrons. The monoisotopic (exact) mass is 413 g/mol. The molecule has 0 aliphatic rings. The Balaban J connectivity index is 1.66. The number of hydrogen-bond donors (Lipinski definition) is 1. The molecule has 0 spiro atoms. The normalized spacial score (nSPS) is 11.7. The summed E-state index contributed by atoms with van der Waals surface area (Å²) in [6, 6.07) is 13.1. The van der Waals surface area contributed by atoms with Crippen molar-refractivity contribution in [3.63, 3.8) is 0 Å². The molecule has 0 aliphatic heterocycles. The first-order chi connectivity index (χ1) is 14.0. The maximum atomic E-state index is 12.5. The second kappa shape index (κ2) is 9.42. The molecule has 0 fully saturated rings. The highest BCUT2D eigenvalue weighted by molar-refractivity contribution is 7.99. The van der Waals surface area contributed by atoms with Gasteiger partial charge in [0.25, 0.3) is 0 Å². The number of tetrazole rings is 1. The number of benzene rings is 2. The van der Waals surface area contributed by atoms with Crippen molar-refractivity contribution in [2.24, 2.45) is 0 Å². The van der Waals surface area contributed by atoms with E-state index in [1.165, 1.54) is 11.8 Å². The Morgan fingerprint density at radius 2 is 2.00 bits per heavy atom. The van der Waals surface area contributed by atoms with E-state index in [2.05, 4.69) is 20.8 Å². The highest BCUT2D eigenvalue weighted by Crippen LogP contribution is 2.29. The SMILES string of the molecule is COc1ccc(OC)c([C@@H](C)NC(=O)CSc2nnnn2-c2ccccc2C)c1. The molecule has 152 valence electrons. The fraction of sp³-hybridized carbons (Fsp3) is 0.300. The van der Waals surface area contributed by atoms with Crippen LogP contribution < -0.4 is 14.8 Å². The van der Waals surface area contributed by atoms with Crippen molar-refractivity contribution < 1.29 is 14.3 Å². The summed E-state index contributed by atoms with van der Waals surface area (Å²) in [5, 5.41) is 15.4. The maximum Gasteiger partial charge on any atom is 0.230 e. The predicted molar refractivity (Wildman–Crippen MR) is 111 cm³/mol. The summed E-state index contributed by atoms with van der Waals surface area (Å²) in [6.45, 7) is 3.89. The molecule has 1 atom stereocenters. The minimum absolute atomic E-state index is 0.133. The number of hydrogen-bond acceptors (Lipinski definition) is 7. The molecule has 29 heavy (non-hydrogen) atoms. The molecule has 1 amide bonds. The average molecular weight is 414 g/mol. The van der Waals surface area contributed by atoms with Gasteiger partial charge in [0.05, 0.1) is 31.7 Å². The molecule has 0 unspecified atom stereocenters. The van der Waals surface area contributed by atoms with Crippen molar-refractivity contribution in [2.45, 2.75) is 25.0 Å². The molecule has 8 nitrogen and oxygen atoms in total. The third-order valence-corrected chi connectivity index (χ3v) is 5.32. The van der Waals surface area contributed by atoms with E-state index in [0.717, 1.165) is 16.8 Å². The zero-order valence-electron chi connectivity index (χ0n) is 16.7. The highest BCUT2D eigenvalue weighted by Gasteiger charge is 2.17. The van der Waals surface area contributed by atoms with Crippen LogP contribution in [0.4, 0.5) is 0 Å². The van der Waals surface area contributed by atoms with Gasteiger partial charge in [-0.1, -0.05) is 30.0 Å². The number of nitrogens with zero attached hydrogens (tertiary/aromatic N) is 4. The lowest BCUT2D eigenvalue weighted by atomic mass is 10.1. The van der Waals surface area contributed by atoms with Gasteiger partial charge in [-0.05, 0) is 54.1 Å². The number of rotatable bonds is 8. The Bertz CT molecular complexity index is 992. The van der Waals surface area contributed by atoms with Crippen molar-refractivity contribution >= 4 is 17.7 Å². The quantitative estimate of drug-likeness (QED) is 0.568. The summed E-state index contributed by atoms with van der Waals surface area (Å²) < 4.78 is 12.3. The van der Waals surface area contributed by atoms with Gasteiger partial charge in [-0.3, -0.25) is 4.79 Å². The molecule has 3 rings (SSSR count). The van der Waals surface area contributed by atoms with E-state index >= 15 is 0 Å². The standard InChI is InChI=1S/C20H23N5O3S/c1-13-7-5-6-8-17(13)25-20(22-23-24-25)29-12-19(26)21-14(2)16-11-15(27-3)9-10-18(16)28-4/h5-11,14H,12H2,1-4H3,(H,21,26)/t14-/m1/s1. The lowest BCUT2D eigenvalue weighted by Crippen LogP contribution is -2.28. The summed E-state index contributed by atoms with van der Waals surface area (Å²) in [4.78, 5) is 12.5. The lowest BCUT2D eigenvalue weighted by molar-refractivity contribution is -0.119. The first-order valence-corrected chi connectivity index (χ1v) is 10.0. The van der Waals surface area contributed by atoms with Crippen LogP contribution in [-0.2, 0) is 4.79 Å². The molecule has 0 saturated heterocycles. The van der Waals surface area contributed by atoms with Crippen LogP contribution in [0.15, 0.2) is 47.6 Å². The van der Waals surface area contributed by atoms with Crippen molar-refractivity contribution in [3.05, 3.63) is 53.6 Å². The molecule has 0 bridgehead atoms. The van der Waals surface area contributed by atoms with Crippen molar-refractivity contribution in [1.29, 1.82) is 0 Å². The third-order valence-electron chi connectivity index (χ3n) is 4.40. The van der Waals surface area contributed by atoms with Gasteiger partial charge in [-0.25, -0.2) is 0 Å². The van der Waals surface area contributed by atoms with Crippen molar-refractivity contribution in [3.8, 4) is 17.2 Å². The number of ether oxygens (including phenoxy) is 2. The summed E-state index contributed by atoms with van der Waals surface area (Å²) in [7, 11) is 3.20. The van der Waals surface area contributed by atoms with Crippen LogP contribution in [0.5, 0.6) is 11.5 Å². The number of thioether (sulfide) groups is 1. The molecular weight excluding hydrogens is 390 g/mol. The summed E-state index contributed by atoms with van der Waals surface area (Å²) >= 11 is 1.28. The van der Waals surface area contributed by atoms with E-state index in [-0.39, 0.29) is 17.7 Å². The smallest absolute Gasteiger partial charge is 0.230 e. The molecular formula is C20H23N5O3S. The van der Waals surface area contributed by atoms with Crippen LogP contribution in [0.3, 0.4) is 0 Å². The van der Waals surface area contributed by atoms with Gasteiger partial charge in [0.2, 0.25) is 11.1 Å². The van der Waals surface area contributed by atoms with Gasteiger partial charge in [-0.15, -0.1) is 5.10 Å². The van der Waals surface area contributed by atoms with Crippen LogP contribution in [-0.4, -0.2) is 46.1 Å². The van der Waals surface area contributed by atoms with E-state index in [1.54, 1.807) is 18.9 Å². The van der Waals surface area contributed by atoms with Crippen LogP contribution >= 0.6 is 11.8 Å². The minimum Gasteiger partial charge on any atom is -0.497 e. The van der Waals surface area contributed by atoms with Crippen LogP contribution in [0, 0.1) is 6.92 Å². The van der Waals surface area contributed by atoms with E-state index in [4.69, 9.17) is 9.47 Å². The number of aromatic nitrogens is 4. The maximum absolute atomic E-state index is 12.5. The number of methoxy groups -OCH3 is 2. The molecule has 2 aromatic carbocycles. The molecule has 0 aliphatic carbocycles. The van der Waals surface area contributed by atoms with Gasteiger partial charge in [0.1, 0.15) is 11.5 Å². The average Bonchev–Trinajstić information content (AvgIpc) is 3.20. The summed E-state index contributed by atoms with van der Waals surface area (Å²) in [5.74, 6) is 1.44. The number of carbonyl (C=O) groups excluding carboxylic acids is 1. The number of nitrogens with one attached hydrogen (secondary N) is 1. The Morgan fingerprint density at radius 1 is 1.21 bits per heavy atom. The second-order valence-electron chi connectivity index (χ2n) is 6.35. The van der Waals surface area contributed by atoms with E-state index in [9.17, 15) is 4.79 Å². The zero-order chi connectivity index (χ0) is 20.8. The molecule has 0 saturated carbocycles. The molecule has 9 heteroatoms. The summed E-state index contributed by atoms with van der Waals surface area (Å²) in [5.41, 5.74) is 2.77. The van der Waals surface area contributed by atoms with Crippen LogP contribution in [0.2, 0.25) is 0 Å². The Morgan fingerprint density at radius 3 is 2.72 bits per heavy atom. The predicted octanol–water partition coefficient (Wildman–Crippen LogP) is 2.96. The Kier molecular flexibility index (Phi) is 6.71. The second-order valence-corrected chi connectivity index (χ2v) is 7.29. The highest BCUT2D eigenvalue weighted by atomic mass is 32.2. The fourth-order valence-corrected chi connectivity index (χ4v) is 3.58. The van der Waals surface area contributed by atoms with Gasteiger partial charge in [-0.2, -0.15) is 4.68 Å². The fourth-order valence-electron chi connectivity index (χ4n) is 2.89. The van der Waals surface area contributed by atoms with E-state index in [1.807, 2.05) is 56.3 Å². The van der Waals surface area contributed by atoms with Crippen molar-refractivity contribution in [2.75, 3.05) is 20.0 Å². The van der Waals surface area contributed by atoms with Gasteiger partial charge < -0.3 is 14.8 Å². The largest absolute Gasteiger partial charge is 0.497 e. The topological polar surface area (TPSA) is 91.2 Å². The van der Waals surface area contributed by atoms with Crippen LogP contribution in [0.1, 0.15) is 24.1 Å². The minimum atomic E-state index is -0.250. The van der Waals surface area contributed by atoms with Gasteiger partial charge in [0, 0.05) is 5.56 Å². The molecule has 1 N–H and O–H groups in total. The van der Waals surface area contributed by atoms with E-state index in [0.29, 0.717) is 16.7 Å². The number of aryl methyl sites for hydroxylation is 1. The first-order valence-electron chi connectivity index (χ1n) is 9.02. The van der Waals surface area contributed by atoms with Crippen LogP contribution in [0.25, 0.3) is 5.69 Å². The molecule has 3 aromatic rings. The van der Waals surface area contributed by atoms with E-state index < -0.39 is 0 Å². The number of amides is 1. The number of carbonyl (C=O) groups is 1. The lowest BCUT2D eigenvalue weighted by Gasteiger charge is -2.18. The van der Waals surface area contributed by atoms with Crippen molar-refractivity contribution in [1.82, 2.24) is 25.5 Å². The van der Waals surface area contributed by atoms with Gasteiger partial charge >= 0.3 is 0 Å². The van der Waals surface area contributed by atoms with Gasteiger partial charge in [0.15, 0.2) is 0 Å². The summed E-state index contributed by atoms with van der Waals surface area (Å²) in [6.07, 6.45) is 0.